The minimum atomic E-state index is -0.213. The number of rotatable bonds is 10. The molecule has 0 aliphatic carbocycles. The molecule has 0 aliphatic heterocycles. The molecule has 0 bridgehead atoms. The number of carbonyl (C=O) groups is 1. The van der Waals surface area contributed by atoms with Crippen LogP contribution in [-0.4, -0.2) is 46.1 Å². The molecule has 0 atom stereocenters. The highest BCUT2D eigenvalue weighted by molar-refractivity contribution is 5.92. The lowest BCUT2D eigenvalue weighted by Crippen LogP contribution is -2.20. The van der Waals surface area contributed by atoms with E-state index in [1.54, 1.807) is 31.4 Å². The normalized spacial score (nSPS) is 10.4. The molecule has 20 heavy (non-hydrogen) atoms. The molecule has 1 amide bonds. The van der Waals surface area contributed by atoms with E-state index in [0.717, 1.165) is 6.42 Å². The second-order valence-electron chi connectivity index (χ2n) is 4.18. The number of methoxy groups -OCH3 is 1. The Hall–Kier alpha value is -1.63. The zero-order valence-corrected chi connectivity index (χ0v) is 11.8. The number of nitrogen functional groups attached to an aromatic ring is 1. The summed E-state index contributed by atoms with van der Waals surface area (Å²) in [4.78, 5) is 11.6. The topological polar surface area (TPSA) is 82.8 Å². The van der Waals surface area contributed by atoms with Crippen LogP contribution in [0.1, 0.15) is 6.42 Å². The van der Waals surface area contributed by atoms with Crippen LogP contribution >= 0.6 is 0 Å². The number of carbonyl (C=O) groups excluding carboxylic acids is 1. The van der Waals surface area contributed by atoms with E-state index in [1.165, 1.54) is 0 Å². The quantitative estimate of drug-likeness (QED) is 0.499. The van der Waals surface area contributed by atoms with Crippen molar-refractivity contribution in [2.24, 2.45) is 0 Å². The van der Waals surface area contributed by atoms with E-state index in [2.05, 4.69) is 5.32 Å². The first-order valence-electron chi connectivity index (χ1n) is 6.52. The Bertz CT molecular complexity index is 399. The van der Waals surface area contributed by atoms with Crippen LogP contribution in [0, 0.1) is 0 Å². The van der Waals surface area contributed by atoms with Crippen molar-refractivity contribution in [2.75, 3.05) is 51.2 Å². The van der Waals surface area contributed by atoms with Crippen LogP contribution < -0.4 is 11.1 Å². The SMILES string of the molecule is COCCCOCCOCC(=O)Nc1cccc(N)c1. The third kappa shape index (κ3) is 7.73. The molecule has 0 saturated carbocycles. The Balaban J connectivity index is 2.03. The van der Waals surface area contributed by atoms with Crippen molar-refractivity contribution in [1.82, 2.24) is 0 Å². The van der Waals surface area contributed by atoms with Crippen LogP contribution in [0.3, 0.4) is 0 Å². The summed E-state index contributed by atoms with van der Waals surface area (Å²) in [6.45, 7) is 2.17. The van der Waals surface area contributed by atoms with E-state index in [1.807, 2.05) is 0 Å². The van der Waals surface area contributed by atoms with Gasteiger partial charge in [-0.1, -0.05) is 6.07 Å². The van der Waals surface area contributed by atoms with Gasteiger partial charge in [0.25, 0.3) is 0 Å². The first-order valence-corrected chi connectivity index (χ1v) is 6.52. The van der Waals surface area contributed by atoms with Crippen molar-refractivity contribution >= 4 is 17.3 Å². The smallest absolute Gasteiger partial charge is 0.250 e. The van der Waals surface area contributed by atoms with Gasteiger partial charge in [0.1, 0.15) is 6.61 Å². The molecule has 0 unspecified atom stereocenters. The minimum absolute atomic E-state index is 0.00374. The molecule has 0 fully saturated rings. The van der Waals surface area contributed by atoms with Crippen molar-refractivity contribution in [3.05, 3.63) is 24.3 Å². The average Bonchev–Trinajstić information content (AvgIpc) is 2.42. The number of ether oxygens (including phenoxy) is 3. The molecular formula is C14H22N2O4. The van der Waals surface area contributed by atoms with Crippen LogP contribution in [0.15, 0.2) is 24.3 Å². The van der Waals surface area contributed by atoms with Crippen LogP contribution in [0.2, 0.25) is 0 Å². The average molecular weight is 282 g/mol. The predicted octanol–water partition coefficient (Wildman–Crippen LogP) is 1.28. The van der Waals surface area contributed by atoms with Crippen molar-refractivity contribution in [2.45, 2.75) is 6.42 Å². The van der Waals surface area contributed by atoms with E-state index in [4.69, 9.17) is 19.9 Å². The Kier molecular flexibility index (Phi) is 8.37. The van der Waals surface area contributed by atoms with E-state index in [-0.39, 0.29) is 12.5 Å². The van der Waals surface area contributed by atoms with Gasteiger partial charge in [0, 0.05) is 31.7 Å². The maximum absolute atomic E-state index is 11.6. The standard InChI is InChI=1S/C14H22N2O4/c1-18-6-3-7-19-8-9-20-11-14(17)16-13-5-2-4-12(15)10-13/h2,4-5,10H,3,6-9,11,15H2,1H3,(H,16,17). The zero-order valence-electron chi connectivity index (χ0n) is 11.8. The molecule has 0 saturated heterocycles. The van der Waals surface area contributed by atoms with Crippen molar-refractivity contribution in [1.29, 1.82) is 0 Å². The predicted molar refractivity (Wildman–Crippen MR) is 77.6 cm³/mol. The van der Waals surface area contributed by atoms with Crippen molar-refractivity contribution in [3.63, 3.8) is 0 Å². The van der Waals surface area contributed by atoms with E-state index in [9.17, 15) is 4.79 Å². The van der Waals surface area contributed by atoms with Crippen LogP contribution in [0.5, 0.6) is 0 Å². The van der Waals surface area contributed by atoms with E-state index >= 15 is 0 Å². The van der Waals surface area contributed by atoms with Gasteiger partial charge in [-0.3, -0.25) is 4.79 Å². The molecule has 0 radical (unpaired) electrons. The summed E-state index contributed by atoms with van der Waals surface area (Å²) in [5.74, 6) is -0.213. The number of nitrogens with one attached hydrogen (secondary N) is 1. The van der Waals surface area contributed by atoms with Gasteiger partial charge in [0.05, 0.1) is 13.2 Å². The molecule has 6 heteroatoms. The van der Waals surface area contributed by atoms with E-state index in [0.29, 0.717) is 37.8 Å². The van der Waals surface area contributed by atoms with E-state index < -0.39 is 0 Å². The second-order valence-corrected chi connectivity index (χ2v) is 4.18. The van der Waals surface area contributed by atoms with Gasteiger partial charge >= 0.3 is 0 Å². The first-order chi connectivity index (χ1) is 9.72. The summed E-state index contributed by atoms with van der Waals surface area (Å²) in [7, 11) is 1.65. The second kappa shape index (κ2) is 10.2. The molecule has 0 aliphatic rings. The largest absolute Gasteiger partial charge is 0.399 e. The van der Waals surface area contributed by atoms with Gasteiger partial charge < -0.3 is 25.3 Å². The molecule has 1 rings (SSSR count). The molecule has 112 valence electrons. The highest BCUT2D eigenvalue weighted by atomic mass is 16.5. The third-order valence-corrected chi connectivity index (χ3v) is 2.41. The monoisotopic (exact) mass is 282 g/mol. The molecule has 1 aromatic rings. The molecular weight excluding hydrogens is 260 g/mol. The molecule has 6 nitrogen and oxygen atoms in total. The van der Waals surface area contributed by atoms with Crippen LogP contribution in [0.4, 0.5) is 11.4 Å². The lowest BCUT2D eigenvalue weighted by Gasteiger charge is -2.07. The lowest BCUT2D eigenvalue weighted by molar-refractivity contribution is -0.121. The summed E-state index contributed by atoms with van der Waals surface area (Å²) < 4.78 is 15.4. The Labute approximate surface area is 119 Å². The number of hydrogen-bond acceptors (Lipinski definition) is 5. The van der Waals surface area contributed by atoms with Gasteiger partial charge in [-0.15, -0.1) is 0 Å². The summed E-state index contributed by atoms with van der Waals surface area (Å²) in [6.07, 6.45) is 0.854. The molecule has 1 aromatic carbocycles. The fourth-order valence-electron chi connectivity index (χ4n) is 1.50. The Morgan fingerprint density at radius 2 is 2.00 bits per heavy atom. The Morgan fingerprint density at radius 3 is 2.75 bits per heavy atom. The van der Waals surface area contributed by atoms with Crippen molar-refractivity contribution < 1.29 is 19.0 Å². The zero-order chi connectivity index (χ0) is 14.6. The molecule has 3 N–H and O–H groups in total. The van der Waals surface area contributed by atoms with Gasteiger partial charge in [-0.25, -0.2) is 0 Å². The minimum Gasteiger partial charge on any atom is -0.399 e. The number of nitrogens with two attached hydrogens (primary N) is 1. The fraction of sp³-hybridized carbons (Fsp3) is 0.500. The Morgan fingerprint density at radius 1 is 1.20 bits per heavy atom. The van der Waals surface area contributed by atoms with Gasteiger partial charge in [0.2, 0.25) is 5.91 Å². The maximum Gasteiger partial charge on any atom is 0.250 e. The highest BCUT2D eigenvalue weighted by Crippen LogP contribution is 2.11. The molecule has 0 aromatic heterocycles. The van der Waals surface area contributed by atoms with Crippen LogP contribution in [0.25, 0.3) is 0 Å². The number of hydrogen-bond donors (Lipinski definition) is 2. The number of amides is 1. The number of anilines is 2. The summed E-state index contributed by atoms with van der Waals surface area (Å²) >= 11 is 0. The lowest BCUT2D eigenvalue weighted by atomic mass is 10.3. The fourth-order valence-corrected chi connectivity index (χ4v) is 1.50. The summed E-state index contributed by atoms with van der Waals surface area (Å²) in [6, 6.07) is 7.00. The van der Waals surface area contributed by atoms with Gasteiger partial charge in [0.15, 0.2) is 0 Å². The molecule has 0 spiro atoms. The third-order valence-electron chi connectivity index (χ3n) is 2.41. The maximum atomic E-state index is 11.6. The van der Waals surface area contributed by atoms with Crippen molar-refractivity contribution in [3.8, 4) is 0 Å². The molecule has 0 heterocycles. The van der Waals surface area contributed by atoms with Crippen LogP contribution in [-0.2, 0) is 19.0 Å². The van der Waals surface area contributed by atoms with Gasteiger partial charge in [-0.05, 0) is 24.6 Å². The highest BCUT2D eigenvalue weighted by Gasteiger charge is 2.02. The summed E-state index contributed by atoms with van der Waals surface area (Å²) in [5.41, 5.74) is 6.88. The van der Waals surface area contributed by atoms with Gasteiger partial charge in [-0.2, -0.15) is 0 Å². The number of benzene rings is 1. The summed E-state index contributed by atoms with van der Waals surface area (Å²) in [5, 5.41) is 2.70. The first kappa shape index (κ1) is 16.4.